The minimum absolute atomic E-state index is 0.216. The normalized spacial score (nSPS) is 12.9. The van der Waals surface area contributed by atoms with Crippen LogP contribution in [0.25, 0.3) is 11.0 Å². The molecule has 0 aliphatic carbocycles. The van der Waals surface area contributed by atoms with Crippen molar-refractivity contribution in [2.75, 3.05) is 0 Å². The summed E-state index contributed by atoms with van der Waals surface area (Å²) in [4.78, 5) is 8.21. The van der Waals surface area contributed by atoms with Crippen molar-refractivity contribution in [1.82, 2.24) is 15.3 Å². The Kier molecular flexibility index (Phi) is 4.77. The molecule has 1 unspecified atom stereocenters. The van der Waals surface area contributed by atoms with Crippen LogP contribution in [0.2, 0.25) is 0 Å². The molecule has 0 saturated heterocycles. The number of rotatable bonds is 6. The van der Waals surface area contributed by atoms with Gasteiger partial charge in [-0.25, -0.2) is 4.98 Å². The van der Waals surface area contributed by atoms with Crippen molar-refractivity contribution in [2.24, 2.45) is 5.92 Å². The Morgan fingerprint density at radius 1 is 1.00 bits per heavy atom. The van der Waals surface area contributed by atoms with Gasteiger partial charge in [0.05, 0.1) is 17.1 Å². The lowest BCUT2D eigenvalue weighted by Crippen LogP contribution is -2.26. The highest BCUT2D eigenvalue weighted by molar-refractivity contribution is 5.74. The van der Waals surface area contributed by atoms with Gasteiger partial charge >= 0.3 is 0 Å². The van der Waals surface area contributed by atoms with Gasteiger partial charge in [0, 0.05) is 6.54 Å². The maximum Gasteiger partial charge on any atom is 0.124 e. The fourth-order valence-corrected chi connectivity index (χ4v) is 2.89. The van der Waals surface area contributed by atoms with Gasteiger partial charge in [-0.05, 0) is 35.6 Å². The number of aromatic nitrogens is 2. The lowest BCUT2D eigenvalue weighted by Gasteiger charge is -2.20. The standard InChI is InChI=1S/C20H25N3/c1-4-15-9-11-16(12-10-15)13-21-19(14(2)3)20-22-17-7-5-6-8-18(17)23-20/h5-12,14,19,21H,4,13H2,1-3H3,(H,22,23). The molecule has 1 heterocycles. The van der Waals surface area contributed by atoms with E-state index >= 15 is 0 Å². The third-order valence-corrected chi connectivity index (χ3v) is 4.33. The summed E-state index contributed by atoms with van der Waals surface area (Å²) in [7, 11) is 0. The van der Waals surface area contributed by atoms with Crippen molar-refractivity contribution in [3.05, 3.63) is 65.5 Å². The van der Waals surface area contributed by atoms with E-state index in [4.69, 9.17) is 4.98 Å². The van der Waals surface area contributed by atoms with Crippen molar-refractivity contribution >= 4 is 11.0 Å². The van der Waals surface area contributed by atoms with E-state index in [1.165, 1.54) is 11.1 Å². The fraction of sp³-hybridized carbons (Fsp3) is 0.350. The molecule has 3 rings (SSSR count). The summed E-state index contributed by atoms with van der Waals surface area (Å²) in [5.74, 6) is 1.48. The molecule has 0 bridgehead atoms. The molecular weight excluding hydrogens is 282 g/mol. The maximum absolute atomic E-state index is 4.76. The molecule has 1 atom stereocenters. The van der Waals surface area contributed by atoms with Crippen LogP contribution in [0.1, 0.15) is 43.8 Å². The smallest absolute Gasteiger partial charge is 0.124 e. The van der Waals surface area contributed by atoms with E-state index in [2.05, 4.69) is 67.5 Å². The van der Waals surface area contributed by atoms with Gasteiger partial charge in [0.25, 0.3) is 0 Å². The van der Waals surface area contributed by atoms with Crippen LogP contribution >= 0.6 is 0 Å². The van der Waals surface area contributed by atoms with E-state index in [1.807, 2.05) is 12.1 Å². The number of benzene rings is 2. The number of aromatic amines is 1. The first kappa shape index (κ1) is 15.8. The molecule has 0 radical (unpaired) electrons. The molecule has 2 aromatic carbocycles. The third kappa shape index (κ3) is 3.62. The number of H-pyrrole nitrogens is 1. The van der Waals surface area contributed by atoms with Gasteiger partial charge in [-0.2, -0.15) is 0 Å². The average Bonchev–Trinajstić information content (AvgIpc) is 2.99. The van der Waals surface area contributed by atoms with Gasteiger partial charge < -0.3 is 10.3 Å². The van der Waals surface area contributed by atoms with Crippen LogP contribution in [0.4, 0.5) is 0 Å². The molecule has 1 aromatic heterocycles. The Balaban J connectivity index is 1.75. The van der Waals surface area contributed by atoms with Crippen molar-refractivity contribution < 1.29 is 0 Å². The first-order valence-electron chi connectivity index (χ1n) is 8.43. The van der Waals surface area contributed by atoms with E-state index in [9.17, 15) is 0 Å². The van der Waals surface area contributed by atoms with Crippen LogP contribution in [-0.2, 0) is 13.0 Å². The van der Waals surface area contributed by atoms with Gasteiger partial charge in [0.1, 0.15) is 5.82 Å². The number of imidazole rings is 1. The molecule has 0 aliphatic heterocycles. The van der Waals surface area contributed by atoms with Crippen LogP contribution in [0.3, 0.4) is 0 Å². The Hall–Kier alpha value is -2.13. The molecule has 3 aromatic rings. The van der Waals surface area contributed by atoms with Crippen LogP contribution in [-0.4, -0.2) is 9.97 Å². The van der Waals surface area contributed by atoms with Crippen molar-refractivity contribution in [3.8, 4) is 0 Å². The highest BCUT2D eigenvalue weighted by Crippen LogP contribution is 2.22. The lowest BCUT2D eigenvalue weighted by atomic mass is 10.0. The van der Waals surface area contributed by atoms with E-state index in [0.29, 0.717) is 5.92 Å². The lowest BCUT2D eigenvalue weighted by molar-refractivity contribution is 0.396. The quantitative estimate of drug-likeness (QED) is 0.698. The molecule has 0 fully saturated rings. The van der Waals surface area contributed by atoms with Crippen molar-refractivity contribution in [1.29, 1.82) is 0 Å². The second-order valence-electron chi connectivity index (χ2n) is 6.41. The second-order valence-corrected chi connectivity index (χ2v) is 6.41. The largest absolute Gasteiger partial charge is 0.341 e. The molecule has 0 spiro atoms. The molecule has 0 aliphatic rings. The predicted octanol–water partition coefficient (Wildman–Crippen LogP) is 4.61. The Bertz CT molecular complexity index is 723. The molecule has 120 valence electrons. The SMILES string of the molecule is CCc1ccc(CNC(c2nc3ccccc3[nH]2)C(C)C)cc1. The first-order chi connectivity index (χ1) is 11.2. The first-order valence-corrected chi connectivity index (χ1v) is 8.43. The summed E-state index contributed by atoms with van der Waals surface area (Å²) in [5, 5.41) is 3.66. The summed E-state index contributed by atoms with van der Waals surface area (Å²) in [6.07, 6.45) is 1.08. The average molecular weight is 307 g/mol. The number of fused-ring (bicyclic) bond motifs is 1. The monoisotopic (exact) mass is 307 g/mol. The highest BCUT2D eigenvalue weighted by Gasteiger charge is 2.19. The van der Waals surface area contributed by atoms with E-state index in [1.54, 1.807) is 0 Å². The third-order valence-electron chi connectivity index (χ3n) is 4.33. The Morgan fingerprint density at radius 3 is 2.35 bits per heavy atom. The molecule has 3 heteroatoms. The van der Waals surface area contributed by atoms with Crippen LogP contribution in [0, 0.1) is 5.92 Å². The summed E-state index contributed by atoms with van der Waals surface area (Å²) in [5.41, 5.74) is 4.82. The summed E-state index contributed by atoms with van der Waals surface area (Å²) in [6.45, 7) is 7.49. The van der Waals surface area contributed by atoms with E-state index < -0.39 is 0 Å². The van der Waals surface area contributed by atoms with Gasteiger partial charge in [0.2, 0.25) is 0 Å². The molecule has 23 heavy (non-hydrogen) atoms. The summed E-state index contributed by atoms with van der Waals surface area (Å²) < 4.78 is 0. The molecule has 0 amide bonds. The summed E-state index contributed by atoms with van der Waals surface area (Å²) in [6, 6.07) is 17.3. The van der Waals surface area contributed by atoms with Crippen molar-refractivity contribution in [2.45, 2.75) is 39.8 Å². The van der Waals surface area contributed by atoms with Gasteiger partial charge in [-0.15, -0.1) is 0 Å². The van der Waals surface area contributed by atoms with Gasteiger partial charge in [-0.3, -0.25) is 0 Å². The highest BCUT2D eigenvalue weighted by atomic mass is 15.0. The minimum Gasteiger partial charge on any atom is -0.341 e. The molecule has 2 N–H and O–H groups in total. The fourth-order valence-electron chi connectivity index (χ4n) is 2.89. The number of para-hydroxylation sites is 2. The number of aryl methyl sites for hydroxylation is 1. The maximum atomic E-state index is 4.76. The number of nitrogens with zero attached hydrogens (tertiary/aromatic N) is 1. The number of hydrogen-bond acceptors (Lipinski definition) is 2. The van der Waals surface area contributed by atoms with E-state index in [0.717, 1.165) is 29.8 Å². The second kappa shape index (κ2) is 6.97. The van der Waals surface area contributed by atoms with Crippen LogP contribution < -0.4 is 5.32 Å². The topological polar surface area (TPSA) is 40.7 Å². The van der Waals surface area contributed by atoms with Crippen molar-refractivity contribution in [3.63, 3.8) is 0 Å². The van der Waals surface area contributed by atoms with E-state index in [-0.39, 0.29) is 6.04 Å². The predicted molar refractivity (Wildman–Crippen MR) is 96.3 cm³/mol. The summed E-state index contributed by atoms with van der Waals surface area (Å²) >= 11 is 0. The molecule has 3 nitrogen and oxygen atoms in total. The molecular formula is C20H25N3. The van der Waals surface area contributed by atoms with Crippen LogP contribution in [0.5, 0.6) is 0 Å². The zero-order valence-electron chi connectivity index (χ0n) is 14.1. The molecule has 0 saturated carbocycles. The minimum atomic E-state index is 0.216. The number of nitrogens with one attached hydrogen (secondary N) is 2. The zero-order chi connectivity index (χ0) is 16.2. The number of hydrogen-bond donors (Lipinski definition) is 2. The van der Waals surface area contributed by atoms with Gasteiger partial charge in [0.15, 0.2) is 0 Å². The Labute approximate surface area is 138 Å². The zero-order valence-corrected chi connectivity index (χ0v) is 14.1. The Morgan fingerprint density at radius 2 is 1.70 bits per heavy atom. The van der Waals surface area contributed by atoms with Crippen LogP contribution in [0.15, 0.2) is 48.5 Å². The van der Waals surface area contributed by atoms with Gasteiger partial charge in [-0.1, -0.05) is 57.2 Å².